The number of carbonyl (C=O) groups excluding carboxylic acids is 1. The number of hydrogen-bond donors (Lipinski definition) is 2. The molecule has 3 rings (SSSR count). The summed E-state index contributed by atoms with van der Waals surface area (Å²) in [4.78, 5) is 14.4. The van der Waals surface area contributed by atoms with E-state index in [-0.39, 0.29) is 17.9 Å². The Balaban J connectivity index is 1.59. The van der Waals surface area contributed by atoms with Gasteiger partial charge in [-0.1, -0.05) is 0 Å². The number of aliphatic hydroxyl groups excluding tert-OH is 1. The predicted octanol–water partition coefficient (Wildman–Crippen LogP) is 2.43. The fraction of sp³-hybridized carbons (Fsp3) is 0.643. The van der Waals surface area contributed by atoms with Crippen LogP contribution in [-0.2, 0) is 12.2 Å². The van der Waals surface area contributed by atoms with Gasteiger partial charge in [-0.3, -0.25) is 4.79 Å². The average Bonchev–Trinajstić information content (AvgIpc) is 3.04. The van der Waals surface area contributed by atoms with Crippen LogP contribution in [0.5, 0.6) is 0 Å². The summed E-state index contributed by atoms with van der Waals surface area (Å²) in [7, 11) is 0. The Bertz CT molecular complexity index is 456. The maximum absolute atomic E-state index is 12.2. The van der Waals surface area contributed by atoms with Crippen molar-refractivity contribution < 1.29 is 9.90 Å². The summed E-state index contributed by atoms with van der Waals surface area (Å²) in [5.74, 6) is 2.29. The van der Waals surface area contributed by atoms with E-state index >= 15 is 0 Å². The summed E-state index contributed by atoms with van der Waals surface area (Å²) in [6.45, 7) is 0.935. The smallest absolute Gasteiger partial charge is 0.261 e. The second-order valence-corrected chi connectivity index (χ2v) is 7.76. The Labute approximate surface area is 121 Å². The van der Waals surface area contributed by atoms with Crippen molar-refractivity contribution >= 4 is 29.0 Å². The Kier molecular flexibility index (Phi) is 3.87. The van der Waals surface area contributed by atoms with Crippen LogP contribution in [0.15, 0.2) is 6.07 Å². The number of carbonyl (C=O) groups is 1. The van der Waals surface area contributed by atoms with Crippen LogP contribution in [0.1, 0.15) is 39.4 Å². The van der Waals surface area contributed by atoms with Gasteiger partial charge in [-0.2, -0.15) is 11.8 Å². The van der Waals surface area contributed by atoms with Crippen molar-refractivity contribution in [3.63, 3.8) is 0 Å². The summed E-state index contributed by atoms with van der Waals surface area (Å²) in [6, 6.07) is 2.06. The maximum Gasteiger partial charge on any atom is 0.261 e. The SMILES string of the molecule is O=C(NCC1(CCO)CC1)c1cc2c(s1)CCSC2. The Morgan fingerprint density at radius 1 is 1.47 bits per heavy atom. The van der Waals surface area contributed by atoms with Crippen LogP contribution in [-0.4, -0.2) is 29.9 Å². The number of hydrogen-bond acceptors (Lipinski definition) is 4. The molecular formula is C14H19NO2S2. The summed E-state index contributed by atoms with van der Waals surface area (Å²) < 4.78 is 0. The van der Waals surface area contributed by atoms with Gasteiger partial charge in [0.25, 0.3) is 5.91 Å². The first kappa shape index (κ1) is 13.5. The highest BCUT2D eigenvalue weighted by molar-refractivity contribution is 7.98. The standard InChI is InChI=1S/C14H19NO2S2/c16-5-4-14(2-3-14)9-15-13(17)12-7-10-8-18-6-1-11(10)19-12/h7,16H,1-6,8-9H2,(H,15,17). The molecule has 0 atom stereocenters. The summed E-state index contributed by atoms with van der Waals surface area (Å²) >= 11 is 3.60. The molecule has 1 aromatic rings. The molecule has 3 nitrogen and oxygen atoms in total. The fourth-order valence-electron chi connectivity index (χ4n) is 2.54. The number of thioether (sulfide) groups is 1. The maximum atomic E-state index is 12.2. The lowest BCUT2D eigenvalue weighted by molar-refractivity contribution is 0.0945. The molecule has 2 N–H and O–H groups in total. The molecule has 1 aromatic heterocycles. The Hall–Kier alpha value is -0.520. The summed E-state index contributed by atoms with van der Waals surface area (Å²) in [5.41, 5.74) is 1.54. The molecule has 0 aromatic carbocycles. The van der Waals surface area contributed by atoms with E-state index in [1.54, 1.807) is 11.3 Å². The van der Waals surface area contributed by atoms with Crippen molar-refractivity contribution in [2.45, 2.75) is 31.4 Å². The van der Waals surface area contributed by atoms with E-state index in [4.69, 9.17) is 5.11 Å². The van der Waals surface area contributed by atoms with Crippen molar-refractivity contribution in [1.29, 1.82) is 0 Å². The normalized spacial score (nSPS) is 19.8. The molecule has 19 heavy (non-hydrogen) atoms. The second kappa shape index (κ2) is 5.46. The molecule has 0 saturated heterocycles. The number of rotatable bonds is 5. The van der Waals surface area contributed by atoms with Crippen LogP contribution >= 0.6 is 23.1 Å². The lowest BCUT2D eigenvalue weighted by Gasteiger charge is -2.13. The monoisotopic (exact) mass is 297 g/mol. The largest absolute Gasteiger partial charge is 0.396 e. The van der Waals surface area contributed by atoms with Crippen LogP contribution in [0.25, 0.3) is 0 Å². The number of aliphatic hydroxyl groups is 1. The van der Waals surface area contributed by atoms with E-state index in [9.17, 15) is 4.79 Å². The zero-order valence-electron chi connectivity index (χ0n) is 10.9. The Morgan fingerprint density at radius 3 is 3.00 bits per heavy atom. The number of aryl methyl sites for hydroxylation is 1. The van der Waals surface area contributed by atoms with Crippen molar-refractivity contribution in [3.8, 4) is 0 Å². The fourth-order valence-corrected chi connectivity index (χ4v) is 4.83. The van der Waals surface area contributed by atoms with E-state index in [2.05, 4.69) is 11.4 Å². The van der Waals surface area contributed by atoms with Crippen LogP contribution in [0.2, 0.25) is 0 Å². The number of fused-ring (bicyclic) bond motifs is 1. The number of nitrogens with one attached hydrogen (secondary N) is 1. The van der Waals surface area contributed by atoms with E-state index in [0.29, 0.717) is 6.54 Å². The molecule has 5 heteroatoms. The highest BCUT2D eigenvalue weighted by Gasteiger charge is 2.42. The van der Waals surface area contributed by atoms with Gasteiger partial charge < -0.3 is 10.4 Å². The third kappa shape index (κ3) is 2.98. The predicted molar refractivity (Wildman–Crippen MR) is 79.9 cm³/mol. The zero-order chi connectivity index (χ0) is 13.3. The molecule has 2 aliphatic rings. The van der Waals surface area contributed by atoms with E-state index in [1.807, 2.05) is 11.8 Å². The molecule has 0 spiro atoms. The molecule has 0 unspecified atom stereocenters. The molecule has 104 valence electrons. The van der Waals surface area contributed by atoms with Crippen molar-refractivity contribution in [2.75, 3.05) is 18.9 Å². The van der Waals surface area contributed by atoms with Gasteiger partial charge in [0, 0.05) is 23.8 Å². The van der Waals surface area contributed by atoms with Gasteiger partial charge >= 0.3 is 0 Å². The topological polar surface area (TPSA) is 49.3 Å². The van der Waals surface area contributed by atoms with Gasteiger partial charge in [-0.15, -0.1) is 11.3 Å². The lowest BCUT2D eigenvalue weighted by Crippen LogP contribution is -2.30. The average molecular weight is 297 g/mol. The number of amides is 1. The first-order valence-electron chi connectivity index (χ1n) is 6.81. The first-order chi connectivity index (χ1) is 9.22. The first-order valence-corrected chi connectivity index (χ1v) is 8.78. The van der Waals surface area contributed by atoms with Crippen molar-refractivity contribution in [2.24, 2.45) is 5.41 Å². The zero-order valence-corrected chi connectivity index (χ0v) is 12.5. The van der Waals surface area contributed by atoms with Crippen LogP contribution < -0.4 is 5.32 Å². The van der Waals surface area contributed by atoms with E-state index in [1.165, 1.54) is 16.2 Å². The molecule has 2 heterocycles. The van der Waals surface area contributed by atoms with Crippen LogP contribution in [0.4, 0.5) is 0 Å². The Morgan fingerprint density at radius 2 is 2.32 bits per heavy atom. The molecular weight excluding hydrogens is 278 g/mol. The number of thiophene rings is 1. The summed E-state index contributed by atoms with van der Waals surface area (Å²) in [5, 5.41) is 12.1. The molecule has 1 aliphatic carbocycles. The molecule has 1 saturated carbocycles. The van der Waals surface area contributed by atoms with Crippen LogP contribution in [0.3, 0.4) is 0 Å². The quantitative estimate of drug-likeness (QED) is 0.877. The van der Waals surface area contributed by atoms with Crippen LogP contribution in [0, 0.1) is 5.41 Å². The van der Waals surface area contributed by atoms with E-state index < -0.39 is 0 Å². The van der Waals surface area contributed by atoms with E-state index in [0.717, 1.165) is 36.3 Å². The third-order valence-corrected chi connectivity index (χ3v) is 6.32. The minimum Gasteiger partial charge on any atom is -0.396 e. The third-order valence-electron chi connectivity index (χ3n) is 4.07. The molecule has 1 fully saturated rings. The lowest BCUT2D eigenvalue weighted by atomic mass is 10.0. The molecule has 0 bridgehead atoms. The second-order valence-electron chi connectivity index (χ2n) is 5.52. The molecule has 0 radical (unpaired) electrons. The van der Waals surface area contributed by atoms with Gasteiger partial charge in [0.2, 0.25) is 0 Å². The van der Waals surface area contributed by atoms with Gasteiger partial charge in [0.1, 0.15) is 0 Å². The van der Waals surface area contributed by atoms with Crippen molar-refractivity contribution in [1.82, 2.24) is 5.32 Å². The highest BCUT2D eigenvalue weighted by atomic mass is 32.2. The summed E-state index contributed by atoms with van der Waals surface area (Å²) in [6.07, 6.45) is 4.17. The molecule has 1 aliphatic heterocycles. The molecule has 1 amide bonds. The van der Waals surface area contributed by atoms with Gasteiger partial charge in [0.05, 0.1) is 4.88 Å². The van der Waals surface area contributed by atoms with Gasteiger partial charge in [-0.25, -0.2) is 0 Å². The minimum atomic E-state index is 0.0635. The highest BCUT2D eigenvalue weighted by Crippen LogP contribution is 2.48. The van der Waals surface area contributed by atoms with Gasteiger partial charge in [-0.05, 0) is 48.5 Å². The van der Waals surface area contributed by atoms with Crippen molar-refractivity contribution in [3.05, 3.63) is 21.4 Å². The minimum absolute atomic E-state index is 0.0635. The van der Waals surface area contributed by atoms with Gasteiger partial charge in [0.15, 0.2) is 0 Å².